The molecule has 2 heterocycles. The molecule has 6 nitrogen and oxygen atoms in total. The van der Waals surface area contributed by atoms with Crippen molar-refractivity contribution in [3.63, 3.8) is 0 Å². The van der Waals surface area contributed by atoms with E-state index in [9.17, 15) is 22.8 Å². The van der Waals surface area contributed by atoms with Crippen molar-refractivity contribution in [3.05, 3.63) is 76.3 Å². The lowest BCUT2D eigenvalue weighted by atomic mass is 10.2. The quantitative estimate of drug-likeness (QED) is 0.713. The number of nitrogens with one attached hydrogen (secondary N) is 2. The Bertz CT molecular complexity index is 998. The highest BCUT2D eigenvalue weighted by atomic mass is 19.4. The van der Waals surface area contributed by atoms with Crippen LogP contribution in [0.4, 0.5) is 18.9 Å². The van der Waals surface area contributed by atoms with Gasteiger partial charge in [-0.3, -0.25) is 24.8 Å². The third-order valence-corrected chi connectivity index (χ3v) is 3.40. The third-order valence-electron chi connectivity index (χ3n) is 3.40. The summed E-state index contributed by atoms with van der Waals surface area (Å²) in [6, 6.07) is 9.51. The number of carbonyl (C=O) groups excluding carboxylic acids is 1. The molecule has 1 aromatic carbocycles. The summed E-state index contributed by atoms with van der Waals surface area (Å²) in [6.07, 6.45) is -2.07. The molecular weight excluding hydrogens is 337 g/mol. The van der Waals surface area contributed by atoms with Crippen LogP contribution in [0.25, 0.3) is 5.65 Å². The number of rotatable bonds is 3. The van der Waals surface area contributed by atoms with Gasteiger partial charge in [0, 0.05) is 12.4 Å². The second kappa shape index (κ2) is 6.27. The molecule has 0 aliphatic rings. The van der Waals surface area contributed by atoms with Crippen molar-refractivity contribution in [1.82, 2.24) is 14.8 Å². The van der Waals surface area contributed by atoms with Crippen LogP contribution in [0.1, 0.15) is 15.9 Å². The number of hydrazine groups is 1. The van der Waals surface area contributed by atoms with Gasteiger partial charge in [-0.05, 0) is 24.3 Å². The molecule has 9 heteroatoms. The molecule has 1 amide bonds. The molecule has 0 saturated carbocycles. The Morgan fingerprint density at radius 3 is 2.56 bits per heavy atom. The molecule has 0 aliphatic carbocycles. The van der Waals surface area contributed by atoms with Gasteiger partial charge in [-0.1, -0.05) is 18.2 Å². The maximum atomic E-state index is 12.9. The third kappa shape index (κ3) is 3.30. The molecule has 3 aromatic rings. The minimum absolute atomic E-state index is 0.305. The average Bonchev–Trinajstić information content (AvgIpc) is 2.60. The number of hydrogen-bond donors (Lipinski definition) is 2. The molecule has 0 radical (unpaired) electrons. The second-order valence-electron chi connectivity index (χ2n) is 5.03. The number of hydrogen-bond acceptors (Lipinski definition) is 4. The monoisotopic (exact) mass is 348 g/mol. The maximum absolute atomic E-state index is 12.9. The van der Waals surface area contributed by atoms with E-state index in [4.69, 9.17) is 0 Å². The first-order valence-electron chi connectivity index (χ1n) is 7.07. The zero-order chi connectivity index (χ0) is 18.0. The normalized spacial score (nSPS) is 11.3. The van der Waals surface area contributed by atoms with E-state index < -0.39 is 23.2 Å². The van der Waals surface area contributed by atoms with Crippen molar-refractivity contribution in [2.24, 2.45) is 0 Å². The second-order valence-corrected chi connectivity index (χ2v) is 5.03. The van der Waals surface area contributed by atoms with Gasteiger partial charge in [0.1, 0.15) is 11.2 Å². The van der Waals surface area contributed by atoms with Crippen LogP contribution in [-0.4, -0.2) is 15.3 Å². The number of benzene rings is 1. The molecule has 0 fully saturated rings. The summed E-state index contributed by atoms with van der Waals surface area (Å²) in [7, 11) is 0. The van der Waals surface area contributed by atoms with Crippen molar-refractivity contribution >= 4 is 17.2 Å². The summed E-state index contributed by atoms with van der Waals surface area (Å²) in [6.45, 7) is 0. The summed E-state index contributed by atoms with van der Waals surface area (Å²) in [5.41, 5.74) is 2.42. The smallest absolute Gasteiger partial charge is 0.298 e. The average molecular weight is 348 g/mol. The maximum Gasteiger partial charge on any atom is 0.418 e. The summed E-state index contributed by atoms with van der Waals surface area (Å²) < 4.78 is 39.9. The highest BCUT2D eigenvalue weighted by Gasteiger charge is 2.33. The first-order valence-corrected chi connectivity index (χ1v) is 7.07. The van der Waals surface area contributed by atoms with E-state index in [0.29, 0.717) is 5.65 Å². The minimum Gasteiger partial charge on any atom is -0.298 e. The van der Waals surface area contributed by atoms with Gasteiger partial charge in [0.2, 0.25) is 0 Å². The van der Waals surface area contributed by atoms with E-state index in [2.05, 4.69) is 15.8 Å². The molecule has 2 aromatic heterocycles. The molecule has 3 rings (SSSR count). The Morgan fingerprint density at radius 1 is 1.08 bits per heavy atom. The van der Waals surface area contributed by atoms with Gasteiger partial charge < -0.3 is 0 Å². The zero-order valence-corrected chi connectivity index (χ0v) is 12.5. The summed E-state index contributed by atoms with van der Waals surface area (Å²) >= 11 is 0. The van der Waals surface area contributed by atoms with Crippen LogP contribution in [0.2, 0.25) is 0 Å². The molecule has 0 aliphatic heterocycles. The Labute approximate surface area is 138 Å². The number of fused-ring (bicyclic) bond motifs is 1. The van der Waals surface area contributed by atoms with Crippen LogP contribution < -0.4 is 16.4 Å². The number of amides is 1. The van der Waals surface area contributed by atoms with Gasteiger partial charge in [0.05, 0.1) is 11.3 Å². The fourth-order valence-corrected chi connectivity index (χ4v) is 2.21. The molecule has 0 unspecified atom stereocenters. The predicted molar refractivity (Wildman–Crippen MR) is 84.0 cm³/mol. The molecule has 0 bridgehead atoms. The Balaban J connectivity index is 1.85. The number of alkyl halides is 3. The zero-order valence-electron chi connectivity index (χ0n) is 12.5. The molecule has 25 heavy (non-hydrogen) atoms. The number of aromatic nitrogens is 2. The van der Waals surface area contributed by atoms with E-state index in [1.807, 2.05) is 0 Å². The Kier molecular flexibility index (Phi) is 4.14. The summed E-state index contributed by atoms with van der Waals surface area (Å²) in [5, 5.41) is 0. The van der Waals surface area contributed by atoms with Gasteiger partial charge in [0.25, 0.3) is 11.5 Å². The Hall–Kier alpha value is -3.36. The lowest BCUT2D eigenvalue weighted by Crippen LogP contribution is -2.35. The van der Waals surface area contributed by atoms with E-state index >= 15 is 0 Å². The van der Waals surface area contributed by atoms with Crippen molar-refractivity contribution < 1.29 is 18.0 Å². The standard InChI is InChI=1S/C16H11F3N4O2/c17-16(18,19)11-5-1-2-6-12(11)21-22-14(24)10-9-20-13-7-3-4-8-23(13)15(10)25/h1-9,21H,(H,22,24). The first-order chi connectivity index (χ1) is 11.9. The molecule has 2 N–H and O–H groups in total. The fraction of sp³-hybridized carbons (Fsp3) is 0.0625. The summed E-state index contributed by atoms with van der Waals surface area (Å²) in [5.74, 6) is -0.896. The van der Waals surface area contributed by atoms with E-state index in [0.717, 1.165) is 18.3 Å². The van der Waals surface area contributed by atoms with Crippen molar-refractivity contribution in [3.8, 4) is 0 Å². The predicted octanol–water partition coefficient (Wildman–Crippen LogP) is 2.47. The van der Waals surface area contributed by atoms with E-state index in [1.165, 1.54) is 22.7 Å². The number of anilines is 1. The number of pyridine rings is 1. The summed E-state index contributed by atoms with van der Waals surface area (Å²) in [4.78, 5) is 28.4. The van der Waals surface area contributed by atoms with Crippen LogP contribution in [0, 0.1) is 0 Å². The van der Waals surface area contributed by atoms with Crippen LogP contribution in [-0.2, 0) is 6.18 Å². The number of carbonyl (C=O) groups is 1. The van der Waals surface area contributed by atoms with Crippen molar-refractivity contribution in [2.45, 2.75) is 6.18 Å². The highest BCUT2D eigenvalue weighted by molar-refractivity contribution is 5.94. The van der Waals surface area contributed by atoms with Gasteiger partial charge >= 0.3 is 6.18 Å². The largest absolute Gasteiger partial charge is 0.418 e. The number of nitrogens with zero attached hydrogens (tertiary/aromatic N) is 2. The molecule has 0 atom stereocenters. The Morgan fingerprint density at radius 2 is 1.80 bits per heavy atom. The van der Waals surface area contributed by atoms with Gasteiger partial charge in [0.15, 0.2) is 0 Å². The van der Waals surface area contributed by atoms with Crippen LogP contribution in [0.3, 0.4) is 0 Å². The van der Waals surface area contributed by atoms with Crippen molar-refractivity contribution in [1.29, 1.82) is 0 Å². The molecule has 0 spiro atoms. The fourth-order valence-electron chi connectivity index (χ4n) is 2.21. The van der Waals surface area contributed by atoms with Crippen LogP contribution in [0.5, 0.6) is 0 Å². The lowest BCUT2D eigenvalue weighted by Gasteiger charge is -2.14. The lowest BCUT2D eigenvalue weighted by molar-refractivity contribution is -0.137. The van der Waals surface area contributed by atoms with Crippen LogP contribution >= 0.6 is 0 Å². The van der Waals surface area contributed by atoms with E-state index in [1.54, 1.807) is 18.2 Å². The highest BCUT2D eigenvalue weighted by Crippen LogP contribution is 2.34. The molecule has 128 valence electrons. The SMILES string of the molecule is O=C(NNc1ccccc1C(F)(F)F)c1cnc2ccccn2c1=O. The minimum atomic E-state index is -4.58. The first kappa shape index (κ1) is 16.5. The van der Waals surface area contributed by atoms with Crippen molar-refractivity contribution in [2.75, 3.05) is 5.43 Å². The van der Waals surface area contributed by atoms with E-state index in [-0.39, 0.29) is 11.3 Å². The topological polar surface area (TPSA) is 75.5 Å². The van der Waals surface area contributed by atoms with Gasteiger partial charge in [-0.25, -0.2) is 4.98 Å². The molecular formula is C16H11F3N4O2. The molecule has 0 saturated heterocycles. The van der Waals surface area contributed by atoms with Gasteiger partial charge in [-0.2, -0.15) is 13.2 Å². The number of halogens is 3. The van der Waals surface area contributed by atoms with Crippen LogP contribution in [0.15, 0.2) is 59.7 Å². The number of para-hydroxylation sites is 1. The van der Waals surface area contributed by atoms with Gasteiger partial charge in [-0.15, -0.1) is 0 Å².